The van der Waals surface area contributed by atoms with Crippen LogP contribution in [0.4, 0.5) is 5.69 Å². The Balaban J connectivity index is 1.20. The van der Waals surface area contributed by atoms with Crippen molar-refractivity contribution >= 4 is 39.1 Å². The number of sulfonamides is 1. The monoisotopic (exact) mass is 487 g/mol. The SMILES string of the molecule is O=C(NNC(=O)C12CC3CC(CC(C3)C1)C2)c1ccc(S(=O)(=O)Nc2ccc(Cl)cc2)cc1. The average molecular weight is 488 g/mol. The van der Waals surface area contributed by atoms with Crippen LogP contribution in [0.1, 0.15) is 48.9 Å². The molecule has 0 heterocycles. The molecule has 6 rings (SSSR count). The summed E-state index contributed by atoms with van der Waals surface area (Å²) in [6.07, 6.45) is 6.44. The van der Waals surface area contributed by atoms with Crippen molar-refractivity contribution < 1.29 is 18.0 Å². The van der Waals surface area contributed by atoms with Crippen LogP contribution in [0, 0.1) is 23.2 Å². The molecule has 4 fully saturated rings. The molecule has 0 radical (unpaired) electrons. The van der Waals surface area contributed by atoms with Gasteiger partial charge in [-0.25, -0.2) is 8.42 Å². The van der Waals surface area contributed by atoms with Crippen LogP contribution in [0.15, 0.2) is 53.4 Å². The van der Waals surface area contributed by atoms with E-state index in [0.717, 1.165) is 19.3 Å². The summed E-state index contributed by atoms with van der Waals surface area (Å²) >= 11 is 5.83. The summed E-state index contributed by atoms with van der Waals surface area (Å²) in [5.41, 5.74) is 5.44. The first kappa shape index (κ1) is 22.2. The van der Waals surface area contributed by atoms with Gasteiger partial charge in [0, 0.05) is 16.3 Å². The van der Waals surface area contributed by atoms with E-state index >= 15 is 0 Å². The lowest BCUT2D eigenvalue weighted by Gasteiger charge is -2.55. The Morgan fingerprint density at radius 2 is 1.36 bits per heavy atom. The summed E-state index contributed by atoms with van der Waals surface area (Å²) in [5, 5.41) is 0.503. The molecule has 2 amide bonds. The second-order valence-corrected chi connectivity index (χ2v) is 11.9. The molecule has 0 aliphatic heterocycles. The number of carbonyl (C=O) groups is 2. The summed E-state index contributed by atoms with van der Waals surface area (Å²) in [6, 6.07) is 11.9. The van der Waals surface area contributed by atoms with Crippen LogP contribution in [-0.4, -0.2) is 20.2 Å². The third-order valence-corrected chi connectivity index (χ3v) is 8.98. The van der Waals surface area contributed by atoms with Crippen molar-refractivity contribution in [2.45, 2.75) is 43.4 Å². The van der Waals surface area contributed by atoms with Gasteiger partial charge in [0.15, 0.2) is 0 Å². The minimum Gasteiger partial charge on any atom is -0.280 e. The summed E-state index contributed by atoms with van der Waals surface area (Å²) in [6.45, 7) is 0. The maximum absolute atomic E-state index is 13.0. The molecule has 3 N–H and O–H groups in total. The molecular weight excluding hydrogens is 462 g/mol. The maximum Gasteiger partial charge on any atom is 0.269 e. The lowest BCUT2D eigenvalue weighted by molar-refractivity contribution is -0.147. The molecule has 0 aromatic heterocycles. The zero-order valence-corrected chi connectivity index (χ0v) is 19.6. The molecule has 0 saturated heterocycles. The largest absolute Gasteiger partial charge is 0.280 e. The number of hydrogen-bond donors (Lipinski definition) is 3. The molecule has 4 aliphatic rings. The van der Waals surface area contributed by atoms with E-state index in [2.05, 4.69) is 15.6 Å². The highest BCUT2D eigenvalue weighted by Gasteiger charge is 2.54. The standard InChI is InChI=1S/C24H26ClN3O4S/c25-19-3-5-20(6-4-19)28-33(31,32)21-7-1-18(2-8-21)22(29)26-27-23(30)24-12-15-9-16(13-24)11-17(10-15)14-24/h1-8,15-17,28H,9-14H2,(H,26,29)(H,27,30). The fraction of sp³-hybridized carbons (Fsp3) is 0.417. The summed E-state index contributed by atoms with van der Waals surface area (Å²) in [4.78, 5) is 25.6. The predicted octanol–water partition coefficient (Wildman–Crippen LogP) is 4.12. The molecule has 0 atom stereocenters. The zero-order valence-electron chi connectivity index (χ0n) is 18.0. The fourth-order valence-electron chi connectivity index (χ4n) is 6.22. The Hall–Kier alpha value is -2.58. The molecule has 174 valence electrons. The van der Waals surface area contributed by atoms with Crippen LogP contribution < -0.4 is 15.6 Å². The van der Waals surface area contributed by atoms with Gasteiger partial charge in [-0.1, -0.05) is 11.6 Å². The first-order valence-electron chi connectivity index (χ1n) is 11.2. The van der Waals surface area contributed by atoms with E-state index in [1.54, 1.807) is 24.3 Å². The highest BCUT2D eigenvalue weighted by molar-refractivity contribution is 7.92. The smallest absolute Gasteiger partial charge is 0.269 e. The van der Waals surface area contributed by atoms with Crippen molar-refractivity contribution in [1.82, 2.24) is 10.9 Å². The van der Waals surface area contributed by atoms with E-state index in [-0.39, 0.29) is 21.8 Å². The van der Waals surface area contributed by atoms with Gasteiger partial charge in [-0.15, -0.1) is 0 Å². The van der Waals surface area contributed by atoms with Gasteiger partial charge in [0.25, 0.3) is 15.9 Å². The molecule has 0 spiro atoms. The Bertz CT molecular complexity index is 1140. The Kier molecular flexibility index (Phi) is 5.61. The van der Waals surface area contributed by atoms with Crippen molar-refractivity contribution in [2.24, 2.45) is 23.2 Å². The van der Waals surface area contributed by atoms with E-state index in [9.17, 15) is 18.0 Å². The number of nitrogens with one attached hydrogen (secondary N) is 3. The topological polar surface area (TPSA) is 104 Å². The molecule has 9 heteroatoms. The van der Waals surface area contributed by atoms with Crippen molar-refractivity contribution in [3.05, 3.63) is 59.1 Å². The minimum atomic E-state index is -3.81. The van der Waals surface area contributed by atoms with Gasteiger partial charge in [-0.05, 0) is 105 Å². The van der Waals surface area contributed by atoms with Crippen molar-refractivity contribution in [1.29, 1.82) is 0 Å². The molecule has 0 unspecified atom stereocenters. The van der Waals surface area contributed by atoms with Crippen molar-refractivity contribution in [3.8, 4) is 0 Å². The second kappa shape index (κ2) is 8.33. The van der Waals surface area contributed by atoms with Gasteiger partial charge in [-0.2, -0.15) is 0 Å². The van der Waals surface area contributed by atoms with Crippen molar-refractivity contribution in [3.63, 3.8) is 0 Å². The van der Waals surface area contributed by atoms with E-state index in [0.29, 0.717) is 28.5 Å². The summed E-state index contributed by atoms with van der Waals surface area (Å²) < 4.78 is 27.6. The number of benzene rings is 2. The predicted molar refractivity (Wildman–Crippen MR) is 125 cm³/mol. The fourth-order valence-corrected chi connectivity index (χ4v) is 7.41. The third kappa shape index (κ3) is 4.46. The van der Waals surface area contributed by atoms with Gasteiger partial charge < -0.3 is 0 Å². The zero-order chi connectivity index (χ0) is 23.2. The van der Waals surface area contributed by atoms with Gasteiger partial charge in [0.1, 0.15) is 0 Å². The Labute approximate surface area is 198 Å². The van der Waals surface area contributed by atoms with Gasteiger partial charge in [0.2, 0.25) is 5.91 Å². The lowest BCUT2D eigenvalue weighted by atomic mass is 9.49. The van der Waals surface area contributed by atoms with Gasteiger partial charge in [-0.3, -0.25) is 25.2 Å². The van der Waals surface area contributed by atoms with E-state index in [1.807, 2.05) is 0 Å². The molecule has 33 heavy (non-hydrogen) atoms. The highest BCUT2D eigenvalue weighted by atomic mass is 35.5. The first-order chi connectivity index (χ1) is 15.7. The first-order valence-corrected chi connectivity index (χ1v) is 13.1. The van der Waals surface area contributed by atoms with E-state index < -0.39 is 15.9 Å². The van der Waals surface area contributed by atoms with Crippen LogP contribution in [0.25, 0.3) is 0 Å². The Morgan fingerprint density at radius 3 is 1.91 bits per heavy atom. The number of hydrazine groups is 1. The molecule has 2 aromatic rings. The van der Waals surface area contributed by atoms with Crippen LogP contribution in [-0.2, 0) is 14.8 Å². The summed E-state index contributed by atoms with van der Waals surface area (Å²) in [7, 11) is -3.81. The molecule has 2 aromatic carbocycles. The number of amides is 2. The number of hydrogen-bond acceptors (Lipinski definition) is 4. The highest BCUT2D eigenvalue weighted by Crippen LogP contribution is 2.60. The van der Waals surface area contributed by atoms with Crippen LogP contribution >= 0.6 is 11.6 Å². The number of halogens is 1. The number of rotatable bonds is 5. The quantitative estimate of drug-likeness (QED) is 0.552. The van der Waals surface area contributed by atoms with E-state index in [1.165, 1.54) is 43.5 Å². The molecule has 4 aliphatic carbocycles. The van der Waals surface area contributed by atoms with Crippen LogP contribution in [0.3, 0.4) is 0 Å². The molecule has 4 saturated carbocycles. The van der Waals surface area contributed by atoms with Crippen molar-refractivity contribution in [2.75, 3.05) is 4.72 Å². The second-order valence-electron chi connectivity index (χ2n) is 9.74. The molecule has 7 nitrogen and oxygen atoms in total. The Morgan fingerprint density at radius 1 is 0.818 bits per heavy atom. The normalized spacial score (nSPS) is 27.7. The number of carbonyl (C=O) groups excluding carboxylic acids is 2. The summed E-state index contributed by atoms with van der Waals surface area (Å²) in [5.74, 6) is 1.32. The molecular formula is C24H26ClN3O4S. The minimum absolute atomic E-state index is 0.0200. The van der Waals surface area contributed by atoms with Crippen LogP contribution in [0.2, 0.25) is 5.02 Å². The van der Waals surface area contributed by atoms with Crippen LogP contribution in [0.5, 0.6) is 0 Å². The molecule has 4 bridgehead atoms. The van der Waals surface area contributed by atoms with Gasteiger partial charge in [0.05, 0.1) is 10.3 Å². The third-order valence-electron chi connectivity index (χ3n) is 7.33. The van der Waals surface area contributed by atoms with E-state index in [4.69, 9.17) is 11.6 Å². The van der Waals surface area contributed by atoms with Gasteiger partial charge >= 0.3 is 0 Å². The average Bonchev–Trinajstić information content (AvgIpc) is 2.78. The number of anilines is 1. The maximum atomic E-state index is 13.0. The lowest BCUT2D eigenvalue weighted by Crippen LogP contribution is -2.56.